The summed E-state index contributed by atoms with van der Waals surface area (Å²) in [6.07, 6.45) is -0.183. The quantitative estimate of drug-likeness (QED) is 0.684. The van der Waals surface area contributed by atoms with Crippen LogP contribution in [0.3, 0.4) is 0 Å². The molecule has 5 heteroatoms. The van der Waals surface area contributed by atoms with Crippen molar-refractivity contribution >= 4 is 23.2 Å². The first kappa shape index (κ1) is 9.68. The first-order valence-corrected chi connectivity index (χ1v) is 4.04. The molecule has 0 N–H and O–H groups in total. The molecular weight excluding hydrogens is 207 g/mol. The second-order valence-corrected chi connectivity index (χ2v) is 2.78. The van der Waals surface area contributed by atoms with E-state index in [1.807, 2.05) is 0 Å². The highest BCUT2D eigenvalue weighted by molar-refractivity contribution is 6.33. The third kappa shape index (κ3) is 1.84. The molecule has 0 aliphatic heterocycles. The van der Waals surface area contributed by atoms with Gasteiger partial charge in [-0.2, -0.15) is 0 Å². The van der Waals surface area contributed by atoms with Crippen LogP contribution in [0.2, 0.25) is 5.02 Å². The first-order valence-electron chi connectivity index (χ1n) is 3.13. The third-order valence-corrected chi connectivity index (χ3v) is 2.11. The van der Waals surface area contributed by atoms with E-state index in [2.05, 4.69) is 4.98 Å². The number of halogens is 4. The molecule has 0 radical (unpaired) electrons. The molecule has 1 heterocycles. The van der Waals surface area contributed by atoms with E-state index in [1.54, 1.807) is 0 Å². The van der Waals surface area contributed by atoms with Crippen LogP contribution >= 0.6 is 23.2 Å². The number of alkyl halides is 3. The number of hydrogen-bond acceptors (Lipinski definition) is 1. The van der Waals surface area contributed by atoms with Gasteiger partial charge in [-0.3, -0.25) is 4.98 Å². The summed E-state index contributed by atoms with van der Waals surface area (Å²) in [5.41, 5.74) is 0.158. The molecule has 1 aromatic rings. The minimum atomic E-state index is -2.60. The van der Waals surface area contributed by atoms with Gasteiger partial charge in [-0.05, 0) is 0 Å². The van der Waals surface area contributed by atoms with E-state index < -0.39 is 6.43 Å². The zero-order valence-electron chi connectivity index (χ0n) is 5.90. The fourth-order valence-electron chi connectivity index (χ4n) is 0.752. The van der Waals surface area contributed by atoms with Gasteiger partial charge in [-0.15, -0.1) is 11.6 Å². The molecule has 1 rings (SSSR count). The molecule has 1 aromatic heterocycles. The molecule has 1 nitrogen and oxygen atoms in total. The second-order valence-electron chi connectivity index (χ2n) is 2.14. The molecule has 12 heavy (non-hydrogen) atoms. The van der Waals surface area contributed by atoms with Crippen LogP contribution in [0.15, 0.2) is 12.4 Å². The molecule has 0 bridgehead atoms. The fourth-order valence-corrected chi connectivity index (χ4v) is 1.27. The highest BCUT2D eigenvalue weighted by atomic mass is 35.5. The third-order valence-electron chi connectivity index (χ3n) is 1.36. The Morgan fingerprint density at radius 2 is 2.08 bits per heavy atom. The van der Waals surface area contributed by atoms with Crippen molar-refractivity contribution in [1.82, 2.24) is 4.98 Å². The Bertz CT molecular complexity index is 278. The monoisotopic (exact) mass is 211 g/mol. The molecule has 0 amide bonds. The topological polar surface area (TPSA) is 12.9 Å². The van der Waals surface area contributed by atoms with Crippen molar-refractivity contribution in [3.63, 3.8) is 0 Å². The van der Waals surface area contributed by atoms with E-state index in [1.165, 1.54) is 6.20 Å². The van der Waals surface area contributed by atoms with E-state index >= 15 is 0 Å². The van der Waals surface area contributed by atoms with E-state index in [9.17, 15) is 8.78 Å². The van der Waals surface area contributed by atoms with Crippen molar-refractivity contribution in [3.8, 4) is 0 Å². The van der Waals surface area contributed by atoms with Gasteiger partial charge in [-0.25, -0.2) is 8.78 Å². The first-order chi connectivity index (χ1) is 5.66. The van der Waals surface area contributed by atoms with Crippen molar-refractivity contribution in [2.24, 2.45) is 0 Å². The molecule has 0 aliphatic rings. The number of aromatic nitrogens is 1. The molecule has 0 fully saturated rings. The Labute approximate surface area is 78.3 Å². The van der Waals surface area contributed by atoms with Crippen molar-refractivity contribution in [1.29, 1.82) is 0 Å². The van der Waals surface area contributed by atoms with Crippen LogP contribution in [0, 0.1) is 0 Å². The molecular formula is C7H5Cl2F2N. The molecule has 0 spiro atoms. The van der Waals surface area contributed by atoms with Gasteiger partial charge in [0.1, 0.15) is 0 Å². The largest absolute Gasteiger partial charge is 0.266 e. The summed E-state index contributed by atoms with van der Waals surface area (Å²) in [6.45, 7) is 0. The predicted octanol–water partition coefficient (Wildman–Crippen LogP) is 3.41. The summed E-state index contributed by atoms with van der Waals surface area (Å²) < 4.78 is 24.4. The lowest BCUT2D eigenvalue weighted by Gasteiger charge is -2.04. The van der Waals surface area contributed by atoms with Crippen LogP contribution < -0.4 is 0 Å². The van der Waals surface area contributed by atoms with Gasteiger partial charge >= 0.3 is 0 Å². The van der Waals surface area contributed by atoms with Gasteiger partial charge in [0, 0.05) is 18.0 Å². The van der Waals surface area contributed by atoms with E-state index in [0.29, 0.717) is 5.56 Å². The molecule has 0 atom stereocenters. The van der Waals surface area contributed by atoms with Crippen LogP contribution in [-0.2, 0) is 5.88 Å². The van der Waals surface area contributed by atoms with Crippen molar-refractivity contribution in [2.45, 2.75) is 12.3 Å². The smallest absolute Gasteiger partial charge is 0.264 e. The Balaban J connectivity index is 3.14. The van der Waals surface area contributed by atoms with Crippen LogP contribution in [-0.4, -0.2) is 4.98 Å². The molecule has 0 saturated carbocycles. The summed E-state index contributed by atoms with van der Waals surface area (Å²) in [5, 5.41) is 0.00926. The van der Waals surface area contributed by atoms with Crippen LogP contribution in [0.1, 0.15) is 17.6 Å². The van der Waals surface area contributed by atoms with Crippen molar-refractivity contribution in [3.05, 3.63) is 28.5 Å². The summed E-state index contributed by atoms with van der Waals surface area (Å²) in [6, 6.07) is 0. The standard InChI is InChI=1S/C7H5Cl2F2N/c8-1-4-2-12-3-5(6(4)9)7(10)11/h2-3,7H,1H2. The van der Waals surface area contributed by atoms with E-state index in [4.69, 9.17) is 23.2 Å². The summed E-state index contributed by atoms with van der Waals surface area (Å²) >= 11 is 11.0. The Morgan fingerprint density at radius 3 is 2.58 bits per heavy atom. The molecule has 66 valence electrons. The van der Waals surface area contributed by atoms with Crippen LogP contribution in [0.25, 0.3) is 0 Å². The second kappa shape index (κ2) is 4.01. The lowest BCUT2D eigenvalue weighted by molar-refractivity contribution is 0.151. The van der Waals surface area contributed by atoms with Gasteiger partial charge in [0.05, 0.1) is 16.5 Å². The number of hydrogen-bond donors (Lipinski definition) is 0. The average molecular weight is 212 g/mol. The minimum Gasteiger partial charge on any atom is -0.264 e. The average Bonchev–Trinajstić information content (AvgIpc) is 2.04. The zero-order chi connectivity index (χ0) is 9.14. The zero-order valence-corrected chi connectivity index (χ0v) is 7.41. The highest BCUT2D eigenvalue weighted by Crippen LogP contribution is 2.29. The van der Waals surface area contributed by atoms with Gasteiger partial charge < -0.3 is 0 Å². The van der Waals surface area contributed by atoms with Crippen LogP contribution in [0.4, 0.5) is 8.78 Å². The maximum atomic E-state index is 12.2. The predicted molar refractivity (Wildman–Crippen MR) is 43.8 cm³/mol. The van der Waals surface area contributed by atoms with E-state index in [-0.39, 0.29) is 16.5 Å². The number of pyridine rings is 1. The minimum absolute atomic E-state index is 0.00926. The molecule has 0 aliphatic carbocycles. The number of rotatable bonds is 2. The van der Waals surface area contributed by atoms with Gasteiger partial charge in [0.15, 0.2) is 0 Å². The fraction of sp³-hybridized carbons (Fsp3) is 0.286. The number of nitrogens with zero attached hydrogens (tertiary/aromatic N) is 1. The van der Waals surface area contributed by atoms with E-state index in [0.717, 1.165) is 6.20 Å². The van der Waals surface area contributed by atoms with Crippen molar-refractivity contribution < 1.29 is 8.78 Å². The maximum Gasteiger partial charge on any atom is 0.266 e. The Hall–Kier alpha value is -0.410. The lowest BCUT2D eigenvalue weighted by atomic mass is 10.2. The Morgan fingerprint density at radius 1 is 1.42 bits per heavy atom. The summed E-state index contributed by atoms with van der Waals surface area (Å²) in [4.78, 5) is 3.59. The molecule has 0 aromatic carbocycles. The lowest BCUT2D eigenvalue weighted by Crippen LogP contribution is -1.92. The van der Waals surface area contributed by atoms with Gasteiger partial charge in [-0.1, -0.05) is 11.6 Å². The van der Waals surface area contributed by atoms with Crippen molar-refractivity contribution in [2.75, 3.05) is 0 Å². The molecule has 0 saturated heterocycles. The Kier molecular flexibility index (Phi) is 3.23. The normalized spacial score (nSPS) is 10.8. The SMILES string of the molecule is FC(F)c1cncc(CCl)c1Cl. The highest BCUT2D eigenvalue weighted by Gasteiger charge is 2.14. The summed E-state index contributed by atoms with van der Waals surface area (Å²) in [7, 11) is 0. The summed E-state index contributed by atoms with van der Waals surface area (Å²) in [5.74, 6) is 0.0897. The maximum absolute atomic E-state index is 12.2. The van der Waals surface area contributed by atoms with Gasteiger partial charge in [0.2, 0.25) is 0 Å². The molecule has 0 unspecified atom stereocenters. The van der Waals surface area contributed by atoms with Gasteiger partial charge in [0.25, 0.3) is 6.43 Å². The van der Waals surface area contributed by atoms with Crippen LogP contribution in [0.5, 0.6) is 0 Å².